The first-order valence-electron chi connectivity index (χ1n) is 0.890. The lowest BCUT2D eigenvalue weighted by Gasteiger charge is -1.45. The number of rotatable bonds is 1. The first kappa shape index (κ1) is 3.34. The molecule has 0 aromatic heterocycles. The molecule has 0 atom stereocenters. The van der Waals surface area contributed by atoms with E-state index in [0.717, 1.165) is 0 Å². The third-order valence-electron chi connectivity index (χ3n) is 0.0913. The Morgan fingerprint density at radius 1 is 2.00 bits per heavy atom. The molecule has 0 saturated heterocycles. The molecule has 0 aliphatic heterocycles. The van der Waals surface area contributed by atoms with Gasteiger partial charge >= 0.3 is 0 Å². The van der Waals surface area contributed by atoms with Crippen molar-refractivity contribution in [3.8, 4) is 0 Å². The zero-order chi connectivity index (χ0) is 3.41. The van der Waals surface area contributed by atoms with Crippen LogP contribution in [-0.4, -0.2) is 0 Å². The maximum Gasteiger partial charge on any atom is 0.0416 e. The van der Waals surface area contributed by atoms with Gasteiger partial charge in [0.25, 0.3) is 0 Å². The van der Waals surface area contributed by atoms with Gasteiger partial charge in [0.2, 0.25) is 0 Å². The summed E-state index contributed by atoms with van der Waals surface area (Å²) in [5, 5.41) is 2.75. The molecule has 0 aromatic carbocycles. The van der Waals surface area contributed by atoms with Crippen molar-refractivity contribution in [2.75, 3.05) is 0 Å². The molecule has 0 saturated carbocycles. The highest BCUT2D eigenvalue weighted by Gasteiger charge is 1.29. The molecule has 0 aliphatic carbocycles. The molecule has 0 aliphatic rings. The molecule has 0 unspecified atom stereocenters. The first-order valence-corrected chi connectivity index (χ1v) is 0.890. The van der Waals surface area contributed by atoms with Crippen molar-refractivity contribution in [1.82, 2.24) is 0 Å². The lowest BCUT2D eigenvalue weighted by Crippen LogP contribution is -1.21. The Balaban J connectivity index is 2.73. The van der Waals surface area contributed by atoms with E-state index >= 15 is 0 Å². The first-order chi connectivity index (χ1) is 1.91. The molecule has 2 nitrogen and oxygen atoms in total. The third kappa shape index (κ3) is 1.34. The van der Waals surface area contributed by atoms with E-state index in [9.17, 15) is 0 Å². The number of nitrogens with one attached hydrogen (secondary N) is 1. The van der Waals surface area contributed by atoms with Crippen LogP contribution >= 0.6 is 0 Å². The van der Waals surface area contributed by atoms with Crippen molar-refractivity contribution in [3.63, 3.8) is 0 Å². The van der Waals surface area contributed by atoms with Crippen LogP contribution < -0.4 is 0 Å². The molecular formula is C2H4N2. The smallest absolute Gasteiger partial charge is 0.0416 e. The number of hydrogen-bond acceptors (Lipinski definition) is 2. The Bertz CT molecular complexity index is 25.0. The van der Waals surface area contributed by atoms with Crippen LogP contribution in [0.3, 0.4) is 0 Å². The van der Waals surface area contributed by atoms with Crippen LogP contribution in [0.15, 0.2) is 17.9 Å². The molecule has 0 amide bonds. The summed E-state index contributed by atoms with van der Waals surface area (Å²) in [5.74, 6) is 0. The van der Waals surface area contributed by atoms with E-state index in [1.165, 1.54) is 6.20 Å². The molecule has 22 valence electrons. The minimum Gasteiger partial charge on any atom is -0.205 e. The maximum atomic E-state index is 5.96. The Kier molecular flexibility index (Phi) is 1.95. The fourth-order valence-electron chi connectivity index (χ4n) is 0. The van der Waals surface area contributed by atoms with Gasteiger partial charge < -0.3 is 0 Å². The molecule has 4 heavy (non-hydrogen) atoms. The van der Waals surface area contributed by atoms with E-state index in [-0.39, 0.29) is 0 Å². The van der Waals surface area contributed by atoms with Gasteiger partial charge in [-0.15, -0.1) is 0 Å². The molecule has 1 N–H and O–H groups in total. The van der Waals surface area contributed by atoms with Crippen molar-refractivity contribution in [3.05, 3.63) is 12.8 Å². The van der Waals surface area contributed by atoms with Crippen LogP contribution in [0.25, 0.3) is 0 Å². The van der Waals surface area contributed by atoms with Crippen LogP contribution in [0.2, 0.25) is 0 Å². The second kappa shape index (κ2) is 2.34. The molecule has 0 radical (unpaired) electrons. The Morgan fingerprint density at radius 2 is 2.25 bits per heavy atom. The second-order valence-electron chi connectivity index (χ2n) is 0.312. The Labute approximate surface area is 24.7 Å². The normalized spacial score (nSPS) is 5.00. The van der Waals surface area contributed by atoms with Gasteiger partial charge in [-0.2, -0.15) is 5.11 Å². The van der Waals surface area contributed by atoms with Gasteiger partial charge in [-0.3, -0.25) is 0 Å². The SMILES string of the molecule is C=CN=N. The predicted octanol–water partition coefficient (Wildman–Crippen LogP) is 1.16. The molecule has 0 aromatic rings. The van der Waals surface area contributed by atoms with E-state index in [0.29, 0.717) is 0 Å². The van der Waals surface area contributed by atoms with E-state index in [4.69, 9.17) is 5.53 Å². The summed E-state index contributed by atoms with van der Waals surface area (Å²) in [6.45, 7) is 3.12. The van der Waals surface area contributed by atoms with Gasteiger partial charge in [0.15, 0.2) is 0 Å². The van der Waals surface area contributed by atoms with Crippen molar-refractivity contribution in [1.29, 1.82) is 5.53 Å². The van der Waals surface area contributed by atoms with Crippen LogP contribution in [0.5, 0.6) is 0 Å². The highest BCUT2D eigenvalue weighted by molar-refractivity contribution is 4.53. The molecule has 0 heterocycles. The van der Waals surface area contributed by atoms with Gasteiger partial charge in [-0.25, -0.2) is 5.53 Å². The summed E-state index contributed by atoms with van der Waals surface area (Å²) in [6, 6.07) is 0. The van der Waals surface area contributed by atoms with Gasteiger partial charge in [-0.05, 0) is 0 Å². The predicted molar refractivity (Wildman–Crippen MR) is 15.3 cm³/mol. The van der Waals surface area contributed by atoms with E-state index in [1.807, 2.05) is 0 Å². The van der Waals surface area contributed by atoms with Gasteiger partial charge in [0.05, 0.1) is 0 Å². The monoisotopic (exact) mass is 56.0 g/mol. The zero-order valence-corrected chi connectivity index (χ0v) is 2.23. The van der Waals surface area contributed by atoms with Crippen molar-refractivity contribution in [2.24, 2.45) is 5.11 Å². The van der Waals surface area contributed by atoms with Crippen LogP contribution in [0.4, 0.5) is 0 Å². The quantitative estimate of drug-likeness (QED) is 0.438. The summed E-state index contributed by atoms with van der Waals surface area (Å²) in [4.78, 5) is 0. The fraction of sp³-hybridized carbons (Fsp3) is 0. The van der Waals surface area contributed by atoms with Gasteiger partial charge in [0.1, 0.15) is 0 Å². The standard InChI is InChI=1S/C2H4N2/c1-2-4-3/h2-3H,1H2. The molecule has 0 spiro atoms. The van der Waals surface area contributed by atoms with Crippen LogP contribution in [0.1, 0.15) is 0 Å². The minimum atomic E-state index is 1.17. The molecule has 0 bridgehead atoms. The van der Waals surface area contributed by atoms with E-state index in [1.54, 1.807) is 0 Å². The summed E-state index contributed by atoms with van der Waals surface area (Å²) >= 11 is 0. The van der Waals surface area contributed by atoms with Crippen LogP contribution in [-0.2, 0) is 0 Å². The Morgan fingerprint density at radius 3 is 2.25 bits per heavy atom. The topological polar surface area (TPSA) is 36.2 Å². The number of hydrogen-bond donors (Lipinski definition) is 1. The van der Waals surface area contributed by atoms with E-state index in [2.05, 4.69) is 11.7 Å². The minimum absolute atomic E-state index is 1.17. The summed E-state index contributed by atoms with van der Waals surface area (Å²) in [7, 11) is 0. The highest BCUT2D eigenvalue weighted by atomic mass is 14.9. The highest BCUT2D eigenvalue weighted by Crippen LogP contribution is 1.53. The van der Waals surface area contributed by atoms with Crippen molar-refractivity contribution >= 4 is 0 Å². The molecule has 0 fully saturated rings. The fourth-order valence-corrected chi connectivity index (χ4v) is 0. The summed E-state index contributed by atoms with van der Waals surface area (Å²) < 4.78 is 0. The lowest BCUT2D eigenvalue weighted by molar-refractivity contribution is 1.15. The van der Waals surface area contributed by atoms with Crippen molar-refractivity contribution < 1.29 is 0 Å². The lowest BCUT2D eigenvalue weighted by atomic mass is 11.1. The summed E-state index contributed by atoms with van der Waals surface area (Å²) in [5.41, 5.74) is 5.96. The molecule has 0 rings (SSSR count). The zero-order valence-electron chi connectivity index (χ0n) is 2.23. The van der Waals surface area contributed by atoms with Gasteiger partial charge in [0, 0.05) is 6.20 Å². The largest absolute Gasteiger partial charge is 0.205 e. The molecule has 2 heteroatoms. The Hall–Kier alpha value is -0.660. The number of nitrogens with zero attached hydrogens (tertiary/aromatic N) is 1. The average molecular weight is 56.1 g/mol. The summed E-state index contributed by atoms with van der Waals surface area (Å²) in [6.07, 6.45) is 1.17. The van der Waals surface area contributed by atoms with Crippen molar-refractivity contribution in [2.45, 2.75) is 0 Å². The molecular weight excluding hydrogens is 52.0 g/mol. The van der Waals surface area contributed by atoms with Crippen LogP contribution in [0, 0.1) is 5.53 Å². The third-order valence-corrected chi connectivity index (χ3v) is 0.0913. The maximum absolute atomic E-state index is 5.96. The second-order valence-corrected chi connectivity index (χ2v) is 0.312. The van der Waals surface area contributed by atoms with E-state index < -0.39 is 0 Å². The average Bonchev–Trinajstić information content (AvgIpc) is 1.37. The van der Waals surface area contributed by atoms with Gasteiger partial charge in [-0.1, -0.05) is 6.58 Å².